The molecule has 0 aliphatic carbocycles. The van der Waals surface area contributed by atoms with Crippen molar-refractivity contribution in [3.8, 4) is 0 Å². The zero-order chi connectivity index (χ0) is 31.9. The van der Waals surface area contributed by atoms with Crippen molar-refractivity contribution in [2.75, 3.05) is 6.54 Å². The molecule has 2 fully saturated rings. The van der Waals surface area contributed by atoms with Crippen LogP contribution in [0.25, 0.3) is 6.08 Å². The molecule has 10 heteroatoms. The van der Waals surface area contributed by atoms with Crippen LogP contribution in [0.1, 0.15) is 110 Å². The Bertz CT molecular complexity index is 1150. The standard InChI is InChI=1S/C33H53N3O6S/c1-20-12-11-14-33(7)27(42-33)17-25(21(2)16-24-19-43-23(4)35-24)36-28(37)18-26(41-29(38)13-9-8-10-15-34)32(5,6)31(40)22(3)30(20)39/h16,19-20,22,25-27,30,39H,8-15,17-18,34H2,1-7H3,(H,36,37)/b21-16+/t20-,22+,25-,26-,27-,30-,33+/m0/s1. The number of fused-ring (bicyclic) bond motifs is 1. The van der Waals surface area contributed by atoms with Gasteiger partial charge >= 0.3 is 5.97 Å². The summed E-state index contributed by atoms with van der Waals surface area (Å²) in [5, 5.41) is 17.3. The average Bonchev–Trinajstić information content (AvgIpc) is 3.39. The molecule has 0 spiro atoms. The fourth-order valence-electron chi connectivity index (χ4n) is 6.17. The molecule has 2 aliphatic heterocycles. The van der Waals surface area contributed by atoms with E-state index in [1.54, 1.807) is 32.1 Å². The van der Waals surface area contributed by atoms with Crippen molar-refractivity contribution < 1.29 is 29.0 Å². The molecule has 7 atom stereocenters. The number of ketones is 1. The van der Waals surface area contributed by atoms with Crippen molar-refractivity contribution in [2.45, 2.75) is 136 Å². The van der Waals surface area contributed by atoms with Crippen molar-refractivity contribution in [3.05, 3.63) is 21.7 Å². The van der Waals surface area contributed by atoms with Gasteiger partial charge in [0.2, 0.25) is 5.91 Å². The van der Waals surface area contributed by atoms with Crippen molar-refractivity contribution >= 4 is 35.1 Å². The quantitative estimate of drug-likeness (QED) is 0.207. The van der Waals surface area contributed by atoms with Crippen molar-refractivity contribution in [3.63, 3.8) is 0 Å². The Hall–Kier alpha value is -2.14. The third-order valence-corrected chi connectivity index (χ3v) is 10.2. The average molecular weight is 620 g/mol. The zero-order valence-corrected chi connectivity index (χ0v) is 27.9. The number of amides is 1. The third kappa shape index (κ3) is 9.67. The van der Waals surface area contributed by atoms with E-state index in [1.165, 1.54) is 0 Å². The summed E-state index contributed by atoms with van der Waals surface area (Å²) >= 11 is 1.57. The minimum Gasteiger partial charge on any atom is -0.461 e. The first kappa shape index (κ1) is 35.3. The van der Waals surface area contributed by atoms with Crippen LogP contribution >= 0.6 is 11.3 Å². The minimum absolute atomic E-state index is 0.0226. The second kappa shape index (κ2) is 15.2. The van der Waals surface area contributed by atoms with E-state index in [9.17, 15) is 19.5 Å². The normalized spacial score (nSPS) is 32.5. The van der Waals surface area contributed by atoms with Gasteiger partial charge in [0.1, 0.15) is 11.9 Å². The molecule has 1 amide bonds. The number of thiazole rings is 1. The molecule has 1 aromatic heterocycles. The van der Waals surface area contributed by atoms with Gasteiger partial charge in [-0.3, -0.25) is 14.4 Å². The molecule has 43 heavy (non-hydrogen) atoms. The summed E-state index contributed by atoms with van der Waals surface area (Å²) in [7, 11) is 0. The van der Waals surface area contributed by atoms with E-state index in [-0.39, 0.29) is 48.2 Å². The van der Waals surface area contributed by atoms with E-state index in [0.29, 0.717) is 19.4 Å². The van der Waals surface area contributed by atoms with Gasteiger partial charge in [0.05, 0.1) is 46.4 Å². The van der Waals surface area contributed by atoms with Crippen LogP contribution in [0.2, 0.25) is 0 Å². The number of aliphatic hydroxyl groups is 1. The number of aryl methyl sites for hydroxylation is 1. The molecule has 3 heterocycles. The minimum atomic E-state index is -1.20. The number of aliphatic hydroxyl groups excluding tert-OH is 1. The number of carbonyl (C=O) groups is 3. The van der Waals surface area contributed by atoms with E-state index in [4.69, 9.17) is 15.2 Å². The lowest BCUT2D eigenvalue weighted by Gasteiger charge is -2.36. The first-order valence-corrected chi connectivity index (χ1v) is 16.7. The smallest absolute Gasteiger partial charge is 0.306 e. The largest absolute Gasteiger partial charge is 0.461 e. The maximum Gasteiger partial charge on any atom is 0.306 e. The second-order valence-corrected chi connectivity index (χ2v) is 14.5. The van der Waals surface area contributed by atoms with Crippen molar-refractivity contribution in [1.82, 2.24) is 10.3 Å². The SMILES string of the molecule is C/C(=C\c1csc(C)n1)[C@@H]1C[C@@H]2O[C@]2(C)CCC[C@H](C)[C@H](O)[C@@H](C)C(=O)C(C)(C)[C@@H](OC(=O)CCCCCN)CC(=O)N1. The second-order valence-electron chi connectivity index (χ2n) is 13.5. The molecule has 0 unspecified atom stereocenters. The number of esters is 1. The Morgan fingerprint density at radius 3 is 2.63 bits per heavy atom. The van der Waals surface area contributed by atoms with Gasteiger partial charge in [0.15, 0.2) is 0 Å². The lowest BCUT2D eigenvalue weighted by atomic mass is 9.72. The Labute approximate surface area is 261 Å². The lowest BCUT2D eigenvalue weighted by molar-refractivity contribution is -0.162. The lowest BCUT2D eigenvalue weighted by Crippen LogP contribution is -2.49. The number of nitrogens with two attached hydrogens (primary N) is 1. The highest BCUT2D eigenvalue weighted by molar-refractivity contribution is 7.09. The number of epoxide rings is 1. The number of Topliss-reactive ketones (excluding diaryl/α,β-unsaturated/α-hetero) is 1. The number of unbranched alkanes of at least 4 members (excludes halogenated alkanes) is 2. The van der Waals surface area contributed by atoms with Gasteiger partial charge in [-0.05, 0) is 84.4 Å². The Kier molecular flexibility index (Phi) is 12.5. The summed E-state index contributed by atoms with van der Waals surface area (Å²) in [6, 6.07) is -0.319. The number of hydrogen-bond acceptors (Lipinski definition) is 9. The topological polar surface area (TPSA) is 144 Å². The molecule has 2 saturated heterocycles. The van der Waals surface area contributed by atoms with Gasteiger partial charge in [0.25, 0.3) is 0 Å². The van der Waals surface area contributed by atoms with Crippen LogP contribution in [0.15, 0.2) is 11.0 Å². The van der Waals surface area contributed by atoms with E-state index >= 15 is 0 Å². The van der Waals surface area contributed by atoms with Gasteiger partial charge in [-0.25, -0.2) is 4.98 Å². The van der Waals surface area contributed by atoms with Gasteiger partial charge in [-0.2, -0.15) is 0 Å². The highest BCUT2D eigenvalue weighted by Crippen LogP contribution is 2.44. The van der Waals surface area contributed by atoms with Gasteiger partial charge in [-0.1, -0.05) is 26.7 Å². The Balaban J connectivity index is 1.90. The number of carbonyl (C=O) groups excluding carboxylic acids is 3. The van der Waals surface area contributed by atoms with Gasteiger partial charge < -0.3 is 25.6 Å². The molecule has 9 nitrogen and oxygen atoms in total. The van der Waals surface area contributed by atoms with E-state index < -0.39 is 29.5 Å². The van der Waals surface area contributed by atoms with Crippen LogP contribution in [-0.2, 0) is 23.9 Å². The number of ether oxygens (including phenoxy) is 2. The van der Waals surface area contributed by atoms with Crippen LogP contribution in [0.5, 0.6) is 0 Å². The van der Waals surface area contributed by atoms with Crippen LogP contribution in [-0.4, -0.2) is 64.2 Å². The molecule has 4 N–H and O–H groups in total. The number of aromatic nitrogens is 1. The molecular weight excluding hydrogens is 566 g/mol. The number of rotatable bonds is 8. The summed E-state index contributed by atoms with van der Waals surface area (Å²) in [5.41, 5.74) is 5.88. The highest BCUT2D eigenvalue weighted by Gasteiger charge is 2.52. The van der Waals surface area contributed by atoms with E-state index in [2.05, 4.69) is 17.2 Å². The summed E-state index contributed by atoms with van der Waals surface area (Å²) in [6.45, 7) is 13.7. The van der Waals surface area contributed by atoms with Gasteiger partial charge in [-0.15, -0.1) is 11.3 Å². The molecule has 1 aromatic rings. The molecule has 0 radical (unpaired) electrons. The van der Waals surface area contributed by atoms with E-state index in [1.807, 2.05) is 32.2 Å². The van der Waals surface area contributed by atoms with Gasteiger partial charge in [0, 0.05) is 24.1 Å². The zero-order valence-electron chi connectivity index (χ0n) is 27.1. The fourth-order valence-corrected chi connectivity index (χ4v) is 6.74. The predicted octanol–water partition coefficient (Wildman–Crippen LogP) is 5.12. The Morgan fingerprint density at radius 2 is 1.98 bits per heavy atom. The molecule has 0 saturated carbocycles. The number of nitrogens with zero attached hydrogens (tertiary/aromatic N) is 1. The monoisotopic (exact) mass is 619 g/mol. The summed E-state index contributed by atoms with van der Waals surface area (Å²) in [4.78, 5) is 45.0. The first-order valence-electron chi connectivity index (χ1n) is 15.9. The summed E-state index contributed by atoms with van der Waals surface area (Å²) in [6.07, 6.45) is 5.41. The fraction of sp³-hybridized carbons (Fsp3) is 0.758. The highest BCUT2D eigenvalue weighted by atomic mass is 32.1. The first-order chi connectivity index (χ1) is 20.2. The molecular formula is C33H53N3O6S. The molecule has 2 aliphatic rings. The molecule has 0 aromatic carbocycles. The third-order valence-electron chi connectivity index (χ3n) is 9.39. The summed E-state index contributed by atoms with van der Waals surface area (Å²) in [5.74, 6) is -1.77. The molecule has 0 bridgehead atoms. The maximum atomic E-state index is 13.9. The number of nitrogens with one attached hydrogen (secondary N) is 1. The van der Waals surface area contributed by atoms with Crippen LogP contribution in [0.4, 0.5) is 0 Å². The van der Waals surface area contributed by atoms with E-state index in [0.717, 1.165) is 48.4 Å². The summed E-state index contributed by atoms with van der Waals surface area (Å²) < 4.78 is 12.1. The maximum absolute atomic E-state index is 13.9. The Morgan fingerprint density at radius 1 is 1.26 bits per heavy atom. The van der Waals surface area contributed by atoms with Crippen LogP contribution in [0, 0.1) is 24.2 Å². The van der Waals surface area contributed by atoms with Crippen LogP contribution in [0.3, 0.4) is 0 Å². The van der Waals surface area contributed by atoms with Crippen LogP contribution < -0.4 is 11.1 Å². The van der Waals surface area contributed by atoms with Crippen molar-refractivity contribution in [1.29, 1.82) is 0 Å². The molecule has 242 valence electrons. The number of hydrogen-bond donors (Lipinski definition) is 3. The molecule has 3 rings (SSSR count). The van der Waals surface area contributed by atoms with Crippen molar-refractivity contribution in [2.24, 2.45) is 23.0 Å². The predicted molar refractivity (Wildman–Crippen MR) is 169 cm³/mol.